The number of Topliss-reactive ketones (excluding diaryl/α,β-unsaturated/α-hetero) is 2. The molecule has 6 fully saturated rings. The van der Waals surface area contributed by atoms with Crippen LogP contribution in [0.5, 0.6) is 0 Å². The van der Waals surface area contributed by atoms with Gasteiger partial charge in [-0.05, 0) is 51.0 Å². The molecular formula is C28H30O10. The third kappa shape index (κ3) is 1.91. The van der Waals surface area contributed by atoms with E-state index < -0.39 is 87.2 Å². The van der Waals surface area contributed by atoms with Gasteiger partial charge in [-0.1, -0.05) is 25.2 Å². The first-order chi connectivity index (χ1) is 17.8. The number of hydrogen-bond acceptors (Lipinski definition) is 10. The van der Waals surface area contributed by atoms with Crippen molar-refractivity contribution in [3.63, 3.8) is 0 Å². The zero-order chi connectivity index (χ0) is 26.9. The lowest BCUT2D eigenvalue weighted by Crippen LogP contribution is -2.82. The molecule has 202 valence electrons. The zero-order valence-corrected chi connectivity index (χ0v) is 21.4. The van der Waals surface area contributed by atoms with Gasteiger partial charge in [-0.15, -0.1) is 0 Å². The SMILES string of the molecule is C[C@]12C(=O)CC=CC1=CC[C@@H]1[C@@H]2CC[C@]2(O)C(=O)O[C@@]3(C)[C@H]4C[C@@]5(C)[C@@H]6C(=O)[C@@]1(OC[C@@]5(O)C(=O)O4)O[C@@]632. The molecule has 3 aliphatic carbocycles. The fourth-order valence-electron chi connectivity index (χ4n) is 9.95. The molecule has 0 aromatic carbocycles. The molecule has 10 heteroatoms. The number of esters is 2. The van der Waals surface area contributed by atoms with E-state index in [0.29, 0.717) is 6.42 Å². The summed E-state index contributed by atoms with van der Waals surface area (Å²) < 4.78 is 24.7. The van der Waals surface area contributed by atoms with Gasteiger partial charge in [-0.3, -0.25) is 9.59 Å². The first kappa shape index (κ1) is 23.5. The highest BCUT2D eigenvalue weighted by Gasteiger charge is 2.94. The quantitative estimate of drug-likeness (QED) is 0.432. The maximum atomic E-state index is 14.9. The summed E-state index contributed by atoms with van der Waals surface area (Å²) in [6, 6.07) is 0. The Balaban J connectivity index is 1.45. The minimum absolute atomic E-state index is 0.0230. The van der Waals surface area contributed by atoms with E-state index in [9.17, 15) is 29.4 Å². The van der Waals surface area contributed by atoms with E-state index in [1.807, 2.05) is 25.2 Å². The van der Waals surface area contributed by atoms with Crippen molar-refractivity contribution >= 4 is 23.5 Å². The number of allylic oxidation sites excluding steroid dienone is 4. The molecular weight excluding hydrogens is 496 g/mol. The number of ether oxygens (including phenoxy) is 4. The van der Waals surface area contributed by atoms with Crippen LogP contribution in [0.4, 0.5) is 0 Å². The second kappa shape index (κ2) is 6.16. The number of ketones is 2. The first-order valence-corrected chi connectivity index (χ1v) is 13.4. The van der Waals surface area contributed by atoms with Gasteiger partial charge in [0.05, 0.1) is 17.9 Å². The smallest absolute Gasteiger partial charge is 0.342 e. The number of carbonyl (C=O) groups excluding carboxylic acids is 4. The van der Waals surface area contributed by atoms with E-state index in [2.05, 4.69) is 0 Å². The zero-order valence-electron chi connectivity index (χ0n) is 21.4. The Bertz CT molecular complexity index is 1350. The lowest BCUT2D eigenvalue weighted by Gasteiger charge is -2.64. The Labute approximate surface area is 218 Å². The van der Waals surface area contributed by atoms with Crippen LogP contribution in [-0.2, 0) is 38.1 Å². The molecule has 0 unspecified atom stereocenters. The van der Waals surface area contributed by atoms with Crippen LogP contribution in [0, 0.1) is 28.6 Å². The monoisotopic (exact) mass is 526 g/mol. The minimum Gasteiger partial charge on any atom is -0.456 e. The summed E-state index contributed by atoms with van der Waals surface area (Å²) >= 11 is 0. The maximum absolute atomic E-state index is 14.9. The van der Waals surface area contributed by atoms with Gasteiger partial charge < -0.3 is 29.2 Å². The van der Waals surface area contributed by atoms with Gasteiger partial charge in [0, 0.05) is 17.8 Å². The van der Waals surface area contributed by atoms with Gasteiger partial charge in [0.2, 0.25) is 5.79 Å². The van der Waals surface area contributed by atoms with Crippen LogP contribution in [0.2, 0.25) is 0 Å². The van der Waals surface area contributed by atoms with E-state index in [1.165, 1.54) is 6.92 Å². The van der Waals surface area contributed by atoms with Crippen molar-refractivity contribution in [2.24, 2.45) is 28.6 Å². The van der Waals surface area contributed by atoms with Crippen molar-refractivity contribution in [3.05, 3.63) is 23.8 Å². The summed E-state index contributed by atoms with van der Waals surface area (Å²) in [5, 5.41) is 24.3. The number of carbonyl (C=O) groups is 4. The van der Waals surface area contributed by atoms with Gasteiger partial charge in [-0.25, -0.2) is 9.59 Å². The largest absolute Gasteiger partial charge is 0.456 e. The Kier molecular flexibility index (Phi) is 3.81. The third-order valence-corrected chi connectivity index (χ3v) is 12.1. The first-order valence-electron chi connectivity index (χ1n) is 13.4. The van der Waals surface area contributed by atoms with Gasteiger partial charge in [0.25, 0.3) is 0 Å². The van der Waals surface area contributed by atoms with E-state index in [0.717, 1.165) is 5.57 Å². The van der Waals surface area contributed by atoms with E-state index >= 15 is 0 Å². The van der Waals surface area contributed by atoms with Crippen LogP contribution in [0.25, 0.3) is 0 Å². The van der Waals surface area contributed by atoms with Crippen molar-refractivity contribution in [1.82, 2.24) is 0 Å². The predicted molar refractivity (Wildman–Crippen MR) is 124 cm³/mol. The molecule has 1 saturated carbocycles. The Hall–Kier alpha value is -2.40. The Morgan fingerprint density at radius 1 is 1.00 bits per heavy atom. The fraction of sp³-hybridized carbons (Fsp3) is 0.714. The summed E-state index contributed by atoms with van der Waals surface area (Å²) in [4.78, 5) is 55.4. The maximum Gasteiger partial charge on any atom is 0.342 e. The normalized spacial score (nSPS) is 59.2. The molecule has 11 atom stereocenters. The number of hydrogen-bond donors (Lipinski definition) is 2. The molecule has 5 aliphatic heterocycles. The van der Waals surface area contributed by atoms with Crippen molar-refractivity contribution in [2.45, 2.75) is 87.2 Å². The lowest BCUT2D eigenvalue weighted by atomic mass is 9.45. The molecule has 2 N–H and O–H groups in total. The standard InChI is InChI=1S/C28H30O10/c1-22-11-17-24(3)28-18(22)19(30)27(38-28,35-12-26(22,34)20(31)36-17)15-8-7-13-5-4-6-16(29)23(13,2)14(15)9-10-25(28,33)21(32)37-24/h4-5,7,14-15,17-18,33-34H,6,8-12H2,1-3H3/t14-,15+,17+,18-,22-,23-,24-,25-,26+,27-,28-/m0/s1. The minimum atomic E-state index is -2.30. The molecule has 0 radical (unpaired) electrons. The number of fused-ring (bicyclic) bond motifs is 5. The van der Waals surface area contributed by atoms with Crippen LogP contribution in [0.1, 0.15) is 52.9 Å². The highest BCUT2D eigenvalue weighted by Crippen LogP contribution is 2.75. The molecule has 10 nitrogen and oxygen atoms in total. The van der Waals surface area contributed by atoms with E-state index in [-0.39, 0.29) is 31.5 Å². The van der Waals surface area contributed by atoms with Crippen molar-refractivity contribution < 1.29 is 48.3 Å². The summed E-state index contributed by atoms with van der Waals surface area (Å²) in [7, 11) is 0. The highest BCUT2D eigenvalue weighted by molar-refractivity contribution is 6.00. The van der Waals surface area contributed by atoms with Crippen LogP contribution in [-0.4, -0.2) is 74.6 Å². The van der Waals surface area contributed by atoms with Crippen molar-refractivity contribution in [3.8, 4) is 0 Å². The summed E-state index contributed by atoms with van der Waals surface area (Å²) in [6.45, 7) is 4.45. The van der Waals surface area contributed by atoms with Gasteiger partial charge >= 0.3 is 11.9 Å². The summed E-state index contributed by atoms with van der Waals surface area (Å²) in [6.07, 6.45) is 5.32. The lowest BCUT2D eigenvalue weighted by molar-refractivity contribution is -0.390. The molecule has 0 aromatic heterocycles. The van der Waals surface area contributed by atoms with Crippen molar-refractivity contribution in [1.29, 1.82) is 0 Å². The average Bonchev–Trinajstić information content (AvgIpc) is 3.20. The van der Waals surface area contributed by atoms with Gasteiger partial charge in [0.1, 0.15) is 11.9 Å². The Morgan fingerprint density at radius 3 is 2.53 bits per heavy atom. The molecule has 2 spiro atoms. The Morgan fingerprint density at radius 2 is 1.76 bits per heavy atom. The van der Waals surface area contributed by atoms with Crippen molar-refractivity contribution in [2.75, 3.05) is 6.61 Å². The fourth-order valence-corrected chi connectivity index (χ4v) is 9.95. The summed E-state index contributed by atoms with van der Waals surface area (Å²) in [5.74, 6) is -6.96. The number of aliphatic hydroxyl groups is 2. The third-order valence-electron chi connectivity index (χ3n) is 12.1. The van der Waals surface area contributed by atoms with Crippen LogP contribution >= 0.6 is 0 Å². The summed E-state index contributed by atoms with van der Waals surface area (Å²) in [5.41, 5.74) is -9.81. The van der Waals surface area contributed by atoms with Gasteiger partial charge in [-0.2, -0.15) is 0 Å². The number of rotatable bonds is 0. The second-order valence-corrected chi connectivity index (χ2v) is 13.2. The van der Waals surface area contributed by atoms with Gasteiger partial charge in [0.15, 0.2) is 28.2 Å². The molecule has 0 amide bonds. The molecule has 5 bridgehead atoms. The molecule has 0 aromatic rings. The second-order valence-electron chi connectivity index (χ2n) is 13.2. The van der Waals surface area contributed by atoms with E-state index in [4.69, 9.17) is 18.9 Å². The molecule has 8 rings (SSSR count). The topological polar surface area (TPSA) is 146 Å². The predicted octanol–water partition coefficient (Wildman–Crippen LogP) is 0.672. The van der Waals surface area contributed by atoms with Crippen LogP contribution in [0.15, 0.2) is 23.8 Å². The molecule has 8 aliphatic rings. The van der Waals surface area contributed by atoms with E-state index in [1.54, 1.807) is 6.92 Å². The molecule has 38 heavy (non-hydrogen) atoms. The average molecular weight is 527 g/mol. The molecule has 5 saturated heterocycles. The van der Waals surface area contributed by atoms with Crippen LogP contribution in [0.3, 0.4) is 0 Å². The van der Waals surface area contributed by atoms with Crippen LogP contribution < -0.4 is 0 Å². The molecule has 5 heterocycles. The highest BCUT2D eigenvalue weighted by atomic mass is 16.8.